The summed E-state index contributed by atoms with van der Waals surface area (Å²) in [6, 6.07) is -0.369. The smallest absolute Gasteiger partial charge is 0.324 e. The van der Waals surface area contributed by atoms with Gasteiger partial charge in [-0.25, -0.2) is 4.79 Å². The molecule has 0 aromatic rings. The molecular formula is C6H13N2O2PS. The van der Waals surface area contributed by atoms with Crippen molar-refractivity contribution >= 4 is 33.5 Å². The number of thiol groups is 1. The summed E-state index contributed by atoms with van der Waals surface area (Å²) in [4.78, 5) is 23.0. The molecule has 0 spiro atoms. The summed E-state index contributed by atoms with van der Waals surface area (Å²) in [6.45, 7) is 2.58. The van der Waals surface area contributed by atoms with Crippen LogP contribution in [0.25, 0.3) is 0 Å². The molecule has 0 aliphatic heterocycles. The molecule has 3 amide bonds. The van der Waals surface area contributed by atoms with Crippen LogP contribution in [0, 0.1) is 0 Å². The topological polar surface area (TPSA) is 49.4 Å². The van der Waals surface area contributed by atoms with Gasteiger partial charge in [-0.15, -0.1) is 0 Å². The first-order chi connectivity index (χ1) is 5.63. The summed E-state index contributed by atoms with van der Waals surface area (Å²) >= 11 is 3.92. The van der Waals surface area contributed by atoms with Gasteiger partial charge in [-0.2, -0.15) is 12.6 Å². The first kappa shape index (κ1) is 11.7. The van der Waals surface area contributed by atoms with Crippen molar-refractivity contribution in [2.75, 3.05) is 18.8 Å². The van der Waals surface area contributed by atoms with E-state index in [0.29, 0.717) is 18.8 Å². The predicted octanol–water partition coefficient (Wildman–Crippen LogP) is 0.943. The number of carbonyl (C=O) groups excluding carboxylic acids is 2. The van der Waals surface area contributed by atoms with Crippen molar-refractivity contribution in [3.8, 4) is 0 Å². The molecule has 0 heterocycles. The Bertz CT molecular complexity index is 177. The predicted molar refractivity (Wildman–Crippen MR) is 54.7 cm³/mol. The molecule has 0 rings (SSSR count). The van der Waals surface area contributed by atoms with E-state index < -0.39 is 0 Å². The number of carbonyl (C=O) groups is 2. The maximum atomic E-state index is 11.1. The van der Waals surface area contributed by atoms with Gasteiger partial charge >= 0.3 is 6.03 Å². The minimum atomic E-state index is -0.369. The van der Waals surface area contributed by atoms with Crippen molar-refractivity contribution < 1.29 is 9.59 Å². The molecular weight excluding hydrogens is 195 g/mol. The standard InChI is InChI=1S/C6H13N2O2PS/c1-2-8(6(10)11)5(9)7-3-4-12/h12H,2-4,11H2,1H3,(H,7,9). The van der Waals surface area contributed by atoms with Crippen LogP contribution in [0.2, 0.25) is 0 Å². The molecule has 0 fully saturated rings. The zero-order chi connectivity index (χ0) is 9.56. The number of amides is 3. The van der Waals surface area contributed by atoms with Crippen LogP contribution >= 0.6 is 21.9 Å². The average molecular weight is 208 g/mol. The number of hydrogen-bond donors (Lipinski definition) is 2. The lowest BCUT2D eigenvalue weighted by Gasteiger charge is -2.16. The lowest BCUT2D eigenvalue weighted by Crippen LogP contribution is -2.41. The zero-order valence-corrected chi connectivity index (χ0v) is 8.96. The van der Waals surface area contributed by atoms with Crippen molar-refractivity contribution in [3.63, 3.8) is 0 Å². The van der Waals surface area contributed by atoms with Gasteiger partial charge in [0.1, 0.15) is 0 Å². The van der Waals surface area contributed by atoms with Crippen molar-refractivity contribution in [1.82, 2.24) is 10.2 Å². The maximum absolute atomic E-state index is 11.1. The second-order valence-electron chi connectivity index (χ2n) is 2.04. The summed E-state index contributed by atoms with van der Waals surface area (Å²) in [6.07, 6.45) is 0. The van der Waals surface area contributed by atoms with Crippen molar-refractivity contribution in [3.05, 3.63) is 0 Å². The van der Waals surface area contributed by atoms with E-state index in [4.69, 9.17) is 0 Å². The third-order valence-corrected chi connectivity index (χ3v) is 1.75. The van der Waals surface area contributed by atoms with Gasteiger partial charge in [0.05, 0.1) is 0 Å². The minimum Gasteiger partial charge on any atom is -0.337 e. The molecule has 0 aromatic heterocycles. The van der Waals surface area contributed by atoms with E-state index in [0.717, 1.165) is 4.90 Å². The van der Waals surface area contributed by atoms with Crippen LogP contribution < -0.4 is 5.32 Å². The molecule has 0 bridgehead atoms. The highest BCUT2D eigenvalue weighted by molar-refractivity contribution is 7.80. The summed E-state index contributed by atoms with van der Waals surface area (Å²) in [7, 11) is 1.96. The maximum Gasteiger partial charge on any atom is 0.324 e. The molecule has 0 aliphatic carbocycles. The van der Waals surface area contributed by atoms with Crippen LogP contribution in [0.5, 0.6) is 0 Å². The molecule has 0 saturated carbocycles. The molecule has 0 aliphatic rings. The van der Waals surface area contributed by atoms with Gasteiger partial charge in [-0.3, -0.25) is 9.69 Å². The quantitative estimate of drug-likeness (QED) is 0.535. The third kappa shape index (κ3) is 3.93. The highest BCUT2D eigenvalue weighted by Crippen LogP contribution is 1.98. The fourth-order valence-electron chi connectivity index (χ4n) is 0.658. The van der Waals surface area contributed by atoms with E-state index >= 15 is 0 Å². The molecule has 1 atom stereocenters. The van der Waals surface area contributed by atoms with E-state index in [-0.39, 0.29) is 11.7 Å². The van der Waals surface area contributed by atoms with Crippen molar-refractivity contribution in [2.24, 2.45) is 0 Å². The van der Waals surface area contributed by atoms with Crippen molar-refractivity contribution in [2.45, 2.75) is 6.92 Å². The van der Waals surface area contributed by atoms with E-state index in [1.807, 2.05) is 9.24 Å². The molecule has 0 aromatic carbocycles. The normalized spacial score (nSPS) is 9.25. The highest BCUT2D eigenvalue weighted by atomic mass is 32.1. The molecule has 0 saturated heterocycles. The second kappa shape index (κ2) is 6.26. The zero-order valence-electron chi connectivity index (χ0n) is 6.91. The van der Waals surface area contributed by atoms with E-state index in [1.165, 1.54) is 0 Å². The van der Waals surface area contributed by atoms with Gasteiger partial charge < -0.3 is 5.32 Å². The van der Waals surface area contributed by atoms with E-state index in [9.17, 15) is 9.59 Å². The molecule has 0 radical (unpaired) electrons. The summed E-state index contributed by atoms with van der Waals surface area (Å²) < 4.78 is 0. The van der Waals surface area contributed by atoms with Gasteiger partial charge in [-0.1, -0.05) is 0 Å². The van der Waals surface area contributed by atoms with Crippen LogP contribution in [-0.2, 0) is 0 Å². The average Bonchev–Trinajstić information content (AvgIpc) is 2.01. The Balaban J connectivity index is 3.95. The molecule has 6 heteroatoms. The van der Waals surface area contributed by atoms with Crippen LogP contribution in [0.15, 0.2) is 0 Å². The van der Waals surface area contributed by atoms with Crippen LogP contribution in [0.3, 0.4) is 0 Å². The largest absolute Gasteiger partial charge is 0.337 e. The molecule has 1 unspecified atom stereocenters. The summed E-state index contributed by atoms with van der Waals surface area (Å²) in [5.74, 6) is 0.564. The number of rotatable bonds is 3. The molecule has 70 valence electrons. The Morgan fingerprint density at radius 1 is 1.58 bits per heavy atom. The summed E-state index contributed by atoms with van der Waals surface area (Å²) in [5.41, 5.74) is -0.325. The Morgan fingerprint density at radius 3 is 2.50 bits per heavy atom. The fourth-order valence-corrected chi connectivity index (χ4v) is 1.07. The lowest BCUT2D eigenvalue weighted by molar-refractivity contribution is 0.202. The molecule has 1 N–H and O–H groups in total. The third-order valence-electron chi connectivity index (χ3n) is 1.22. The second-order valence-corrected chi connectivity index (χ2v) is 2.98. The number of hydrogen-bond acceptors (Lipinski definition) is 3. The Morgan fingerprint density at radius 2 is 2.17 bits per heavy atom. The number of urea groups is 1. The number of imide groups is 1. The number of nitrogens with one attached hydrogen (secondary N) is 1. The minimum absolute atomic E-state index is 0.325. The lowest BCUT2D eigenvalue weighted by atomic mass is 10.6. The molecule has 4 nitrogen and oxygen atoms in total. The molecule has 12 heavy (non-hydrogen) atoms. The number of nitrogens with zero attached hydrogens (tertiary/aromatic N) is 1. The van der Waals surface area contributed by atoms with Gasteiger partial charge in [0.15, 0.2) is 0 Å². The highest BCUT2D eigenvalue weighted by Gasteiger charge is 2.14. The SMILES string of the molecule is CCN(C(=O)P)C(=O)NCCS. The first-order valence-corrected chi connectivity index (χ1v) is 4.80. The van der Waals surface area contributed by atoms with Gasteiger partial charge in [0, 0.05) is 18.8 Å². The Kier molecular flexibility index (Phi) is 6.11. The monoisotopic (exact) mass is 208 g/mol. The van der Waals surface area contributed by atoms with Crippen LogP contribution in [0.4, 0.5) is 9.59 Å². The van der Waals surface area contributed by atoms with Gasteiger partial charge in [0.25, 0.3) is 0 Å². The summed E-state index contributed by atoms with van der Waals surface area (Å²) in [5, 5.41) is 2.54. The van der Waals surface area contributed by atoms with E-state index in [1.54, 1.807) is 6.92 Å². The van der Waals surface area contributed by atoms with Gasteiger partial charge in [-0.05, 0) is 16.2 Å². The van der Waals surface area contributed by atoms with Crippen LogP contribution in [-0.4, -0.2) is 35.4 Å². The Hall–Kier alpha value is -0.280. The van der Waals surface area contributed by atoms with Gasteiger partial charge in [0.2, 0.25) is 5.65 Å². The first-order valence-electron chi connectivity index (χ1n) is 3.59. The van der Waals surface area contributed by atoms with Crippen molar-refractivity contribution in [1.29, 1.82) is 0 Å². The van der Waals surface area contributed by atoms with Crippen LogP contribution in [0.1, 0.15) is 6.92 Å². The van der Waals surface area contributed by atoms with E-state index in [2.05, 4.69) is 17.9 Å². The fraction of sp³-hybridized carbons (Fsp3) is 0.667. The Labute approximate surface area is 79.7 Å².